The molecule has 0 aliphatic heterocycles. The van der Waals surface area contributed by atoms with Gasteiger partial charge < -0.3 is 24.1 Å². The fourth-order valence-corrected chi connectivity index (χ4v) is 1.88. The first-order valence-corrected chi connectivity index (χ1v) is 6.26. The molecule has 0 unspecified atom stereocenters. The Bertz CT molecular complexity index is 378. The number of aliphatic hydroxyl groups is 1. The number of aliphatic hydroxyl groups excluding tert-OH is 1. The first kappa shape index (κ1) is 15.8. The minimum atomic E-state index is 0.0877. The van der Waals surface area contributed by atoms with Crippen molar-refractivity contribution in [1.82, 2.24) is 0 Å². The molecular weight excluding hydrogens is 248 g/mol. The fraction of sp³-hybridized carbons (Fsp3) is 0.571. The van der Waals surface area contributed by atoms with Gasteiger partial charge in [-0.3, -0.25) is 0 Å². The van der Waals surface area contributed by atoms with Crippen molar-refractivity contribution >= 4 is 0 Å². The summed E-state index contributed by atoms with van der Waals surface area (Å²) in [6.45, 7) is 2.49. The van der Waals surface area contributed by atoms with Crippen molar-refractivity contribution in [2.45, 2.75) is 19.8 Å². The Morgan fingerprint density at radius 3 is 2.32 bits per heavy atom. The van der Waals surface area contributed by atoms with Crippen LogP contribution in [0.2, 0.25) is 0 Å². The Morgan fingerprint density at radius 2 is 1.74 bits per heavy atom. The van der Waals surface area contributed by atoms with E-state index >= 15 is 0 Å². The van der Waals surface area contributed by atoms with Gasteiger partial charge in [-0.25, -0.2) is 0 Å². The van der Waals surface area contributed by atoms with Crippen LogP contribution in [0.15, 0.2) is 12.1 Å². The Hall–Kier alpha value is -1.30. The molecule has 1 aromatic carbocycles. The Balaban J connectivity index is 3.04. The third-order valence-electron chi connectivity index (χ3n) is 2.69. The smallest absolute Gasteiger partial charge is 0.188 e. The van der Waals surface area contributed by atoms with E-state index < -0.39 is 0 Å². The molecule has 1 rings (SSSR count). The molecule has 19 heavy (non-hydrogen) atoms. The summed E-state index contributed by atoms with van der Waals surface area (Å²) in [4.78, 5) is 0. The molecule has 0 heterocycles. The monoisotopic (exact) mass is 270 g/mol. The molecule has 0 spiro atoms. The second-order valence-corrected chi connectivity index (χ2v) is 3.99. The van der Waals surface area contributed by atoms with Crippen LogP contribution in [0.4, 0.5) is 0 Å². The summed E-state index contributed by atoms with van der Waals surface area (Å²) in [6.07, 6.45) is 1.38. The Kier molecular flexibility index (Phi) is 7.25. The summed E-state index contributed by atoms with van der Waals surface area (Å²) in [5.41, 5.74) is 2.08. The second kappa shape index (κ2) is 8.74. The molecule has 1 N–H and O–H groups in total. The van der Waals surface area contributed by atoms with Crippen LogP contribution >= 0.6 is 0 Å². The van der Waals surface area contributed by atoms with Crippen LogP contribution in [-0.4, -0.2) is 39.5 Å². The standard InChI is InChI=1S/C14H22O5/c1-4-13-11(5-6-15)7-12(18-9-16-2)8-14(13)19-10-17-3/h7-8,15H,4-6,9-10H2,1-3H3. The zero-order valence-corrected chi connectivity index (χ0v) is 11.8. The number of rotatable bonds is 9. The molecule has 0 saturated carbocycles. The lowest BCUT2D eigenvalue weighted by Crippen LogP contribution is -2.07. The number of methoxy groups -OCH3 is 2. The maximum absolute atomic E-state index is 9.14. The lowest BCUT2D eigenvalue weighted by molar-refractivity contribution is 0.0455. The van der Waals surface area contributed by atoms with Crippen LogP contribution in [0.1, 0.15) is 18.1 Å². The van der Waals surface area contributed by atoms with Crippen LogP contribution in [0.25, 0.3) is 0 Å². The molecule has 0 aliphatic carbocycles. The quantitative estimate of drug-likeness (QED) is 0.693. The van der Waals surface area contributed by atoms with Crippen molar-refractivity contribution in [2.75, 3.05) is 34.4 Å². The predicted molar refractivity (Wildman–Crippen MR) is 71.6 cm³/mol. The van der Waals surface area contributed by atoms with Gasteiger partial charge in [0.15, 0.2) is 13.6 Å². The van der Waals surface area contributed by atoms with E-state index in [2.05, 4.69) is 0 Å². The Labute approximate surface area is 114 Å². The van der Waals surface area contributed by atoms with Crippen molar-refractivity contribution in [3.8, 4) is 11.5 Å². The van der Waals surface area contributed by atoms with E-state index in [1.54, 1.807) is 14.2 Å². The van der Waals surface area contributed by atoms with Gasteiger partial charge in [-0.1, -0.05) is 6.92 Å². The first-order chi connectivity index (χ1) is 9.26. The molecule has 5 nitrogen and oxygen atoms in total. The molecule has 0 atom stereocenters. The summed E-state index contributed by atoms with van der Waals surface area (Å²) in [7, 11) is 3.14. The minimum Gasteiger partial charge on any atom is -0.467 e. The van der Waals surface area contributed by atoms with Gasteiger partial charge in [-0.2, -0.15) is 0 Å². The lowest BCUT2D eigenvalue weighted by Gasteiger charge is -2.16. The van der Waals surface area contributed by atoms with Gasteiger partial charge in [0, 0.05) is 26.9 Å². The highest BCUT2D eigenvalue weighted by molar-refractivity contribution is 5.47. The average molecular weight is 270 g/mol. The SMILES string of the molecule is CCc1c(CCO)cc(OCOC)cc1OCOC. The van der Waals surface area contributed by atoms with Gasteiger partial charge >= 0.3 is 0 Å². The van der Waals surface area contributed by atoms with Gasteiger partial charge in [0.2, 0.25) is 0 Å². The highest BCUT2D eigenvalue weighted by Gasteiger charge is 2.11. The summed E-state index contributed by atoms with van der Waals surface area (Å²) < 4.78 is 20.8. The van der Waals surface area contributed by atoms with E-state index in [1.807, 2.05) is 19.1 Å². The van der Waals surface area contributed by atoms with Gasteiger partial charge in [0.1, 0.15) is 11.5 Å². The molecule has 0 aliphatic rings. The summed E-state index contributed by atoms with van der Waals surface area (Å²) in [6, 6.07) is 3.73. The van der Waals surface area contributed by atoms with Crippen molar-refractivity contribution < 1.29 is 24.1 Å². The van der Waals surface area contributed by atoms with Crippen LogP contribution in [0.5, 0.6) is 11.5 Å². The van der Waals surface area contributed by atoms with E-state index in [4.69, 9.17) is 24.1 Å². The third-order valence-corrected chi connectivity index (χ3v) is 2.69. The van der Waals surface area contributed by atoms with E-state index in [1.165, 1.54) is 0 Å². The van der Waals surface area contributed by atoms with Gasteiger partial charge in [-0.05, 0) is 30.0 Å². The first-order valence-electron chi connectivity index (χ1n) is 6.26. The maximum atomic E-state index is 9.14. The molecule has 0 bridgehead atoms. The third kappa shape index (κ3) is 4.70. The number of ether oxygens (including phenoxy) is 4. The zero-order valence-electron chi connectivity index (χ0n) is 11.8. The van der Waals surface area contributed by atoms with Crippen molar-refractivity contribution in [3.63, 3.8) is 0 Å². The average Bonchev–Trinajstić information content (AvgIpc) is 2.43. The van der Waals surface area contributed by atoms with E-state index in [-0.39, 0.29) is 20.2 Å². The largest absolute Gasteiger partial charge is 0.467 e. The van der Waals surface area contributed by atoms with Crippen molar-refractivity contribution in [1.29, 1.82) is 0 Å². The molecule has 5 heteroatoms. The number of hydrogen-bond acceptors (Lipinski definition) is 5. The Morgan fingerprint density at radius 1 is 1.05 bits per heavy atom. The minimum absolute atomic E-state index is 0.0877. The van der Waals surface area contributed by atoms with Crippen LogP contribution in [-0.2, 0) is 22.3 Å². The van der Waals surface area contributed by atoms with E-state index in [0.717, 1.165) is 23.3 Å². The second-order valence-electron chi connectivity index (χ2n) is 3.99. The van der Waals surface area contributed by atoms with Gasteiger partial charge in [0.25, 0.3) is 0 Å². The summed E-state index contributed by atoms with van der Waals surface area (Å²) in [5, 5.41) is 9.14. The highest BCUT2D eigenvalue weighted by atomic mass is 16.7. The van der Waals surface area contributed by atoms with Crippen LogP contribution in [0, 0.1) is 0 Å². The molecule has 0 saturated heterocycles. The molecular formula is C14H22O5. The molecule has 108 valence electrons. The number of hydrogen-bond donors (Lipinski definition) is 1. The molecule has 0 radical (unpaired) electrons. The summed E-state index contributed by atoms with van der Waals surface area (Å²) in [5.74, 6) is 1.38. The number of benzene rings is 1. The topological polar surface area (TPSA) is 57.2 Å². The molecule has 0 aromatic heterocycles. The van der Waals surface area contributed by atoms with Crippen LogP contribution < -0.4 is 9.47 Å². The molecule has 0 amide bonds. The van der Waals surface area contributed by atoms with Crippen molar-refractivity contribution in [3.05, 3.63) is 23.3 Å². The van der Waals surface area contributed by atoms with Gasteiger partial charge in [-0.15, -0.1) is 0 Å². The predicted octanol–water partition coefficient (Wildman–Crippen LogP) is 1.75. The maximum Gasteiger partial charge on any atom is 0.188 e. The molecule has 0 fully saturated rings. The van der Waals surface area contributed by atoms with Crippen molar-refractivity contribution in [2.24, 2.45) is 0 Å². The highest BCUT2D eigenvalue weighted by Crippen LogP contribution is 2.30. The van der Waals surface area contributed by atoms with Crippen LogP contribution in [0.3, 0.4) is 0 Å². The normalized spacial score (nSPS) is 10.5. The fourth-order valence-electron chi connectivity index (χ4n) is 1.88. The van der Waals surface area contributed by atoms with E-state index in [0.29, 0.717) is 12.2 Å². The van der Waals surface area contributed by atoms with Gasteiger partial charge in [0.05, 0.1) is 0 Å². The summed E-state index contributed by atoms with van der Waals surface area (Å²) >= 11 is 0. The van der Waals surface area contributed by atoms with E-state index in [9.17, 15) is 0 Å². The molecule has 1 aromatic rings. The lowest BCUT2D eigenvalue weighted by atomic mass is 10.0. The zero-order chi connectivity index (χ0) is 14.1.